The number of carbonyl (C=O) groups excluding carboxylic acids is 1. The van der Waals surface area contributed by atoms with Gasteiger partial charge in [0.05, 0.1) is 29.7 Å². The summed E-state index contributed by atoms with van der Waals surface area (Å²) < 4.78 is 6.83. The van der Waals surface area contributed by atoms with E-state index in [4.69, 9.17) is 4.52 Å². The van der Waals surface area contributed by atoms with Gasteiger partial charge in [-0.2, -0.15) is 10.1 Å². The molecular formula is C15H22N6O2. The first-order chi connectivity index (χ1) is 11.0. The molecule has 0 aliphatic carbocycles. The molecule has 2 aromatic rings. The molecule has 0 radical (unpaired) electrons. The van der Waals surface area contributed by atoms with Crippen LogP contribution < -0.4 is 5.32 Å². The Labute approximate surface area is 134 Å². The Morgan fingerprint density at radius 3 is 2.78 bits per heavy atom. The first-order valence-corrected chi connectivity index (χ1v) is 7.80. The van der Waals surface area contributed by atoms with E-state index in [2.05, 4.69) is 25.5 Å². The van der Waals surface area contributed by atoms with Crippen molar-refractivity contribution in [1.82, 2.24) is 24.8 Å². The van der Waals surface area contributed by atoms with Gasteiger partial charge in [0.25, 0.3) is 0 Å². The lowest BCUT2D eigenvalue weighted by Crippen LogP contribution is -2.33. The molecule has 0 spiro atoms. The molecule has 8 nitrogen and oxygen atoms in total. The quantitative estimate of drug-likeness (QED) is 0.919. The third kappa shape index (κ3) is 3.12. The summed E-state index contributed by atoms with van der Waals surface area (Å²) in [6.45, 7) is 6.78. The van der Waals surface area contributed by atoms with E-state index >= 15 is 0 Å². The lowest BCUT2D eigenvalue weighted by Gasteiger charge is -2.21. The first kappa shape index (κ1) is 15.7. The van der Waals surface area contributed by atoms with E-state index in [1.165, 1.54) is 0 Å². The Morgan fingerprint density at radius 1 is 1.39 bits per heavy atom. The Bertz CT molecular complexity index is 720. The summed E-state index contributed by atoms with van der Waals surface area (Å²) in [6.07, 6.45) is 1.97. The number of amides is 1. The second kappa shape index (κ2) is 6.11. The summed E-state index contributed by atoms with van der Waals surface area (Å²) in [6, 6.07) is 0.0503. The third-order valence-electron chi connectivity index (χ3n) is 4.33. The van der Waals surface area contributed by atoms with Crippen molar-refractivity contribution in [2.24, 2.45) is 7.05 Å². The Morgan fingerprint density at radius 2 is 2.17 bits per heavy atom. The minimum Gasteiger partial charge on any atom is -0.340 e. The maximum absolute atomic E-state index is 12.4. The van der Waals surface area contributed by atoms with Crippen molar-refractivity contribution in [1.29, 1.82) is 0 Å². The molecule has 0 bridgehead atoms. The van der Waals surface area contributed by atoms with Gasteiger partial charge in [0.1, 0.15) is 0 Å². The molecule has 1 saturated heterocycles. The number of hydrogen-bond acceptors (Lipinski definition) is 6. The highest BCUT2D eigenvalue weighted by atomic mass is 16.5. The molecule has 1 amide bonds. The number of nitrogens with one attached hydrogen (secondary N) is 1. The third-order valence-corrected chi connectivity index (χ3v) is 4.33. The largest absolute Gasteiger partial charge is 0.340 e. The van der Waals surface area contributed by atoms with E-state index < -0.39 is 0 Å². The fourth-order valence-corrected chi connectivity index (χ4v) is 3.08. The lowest BCUT2D eigenvalue weighted by atomic mass is 10.2. The molecule has 1 fully saturated rings. The van der Waals surface area contributed by atoms with Crippen LogP contribution in [0.2, 0.25) is 0 Å². The molecule has 3 rings (SSSR count). The van der Waals surface area contributed by atoms with Crippen LogP contribution in [-0.4, -0.2) is 43.8 Å². The number of aromatic nitrogens is 4. The molecule has 23 heavy (non-hydrogen) atoms. The number of hydrogen-bond donors (Lipinski definition) is 1. The summed E-state index contributed by atoms with van der Waals surface area (Å²) in [5.41, 5.74) is 2.57. The van der Waals surface area contributed by atoms with E-state index in [1.807, 2.05) is 20.9 Å². The van der Waals surface area contributed by atoms with Crippen molar-refractivity contribution < 1.29 is 9.32 Å². The molecule has 2 aromatic heterocycles. The number of aryl methyl sites for hydroxylation is 3. The minimum absolute atomic E-state index is 0.0451. The molecule has 1 aliphatic rings. The average Bonchev–Trinajstić information content (AvgIpc) is 3.16. The van der Waals surface area contributed by atoms with Crippen molar-refractivity contribution in [2.45, 2.75) is 39.7 Å². The number of carbonyl (C=O) groups is 1. The van der Waals surface area contributed by atoms with Gasteiger partial charge in [-0.15, -0.1) is 0 Å². The summed E-state index contributed by atoms with van der Waals surface area (Å²) in [4.78, 5) is 18.8. The van der Waals surface area contributed by atoms with Crippen LogP contribution in [0.5, 0.6) is 0 Å². The highest BCUT2D eigenvalue weighted by molar-refractivity contribution is 5.93. The normalized spacial score (nSPS) is 18.5. The van der Waals surface area contributed by atoms with Gasteiger partial charge in [0.2, 0.25) is 11.8 Å². The zero-order valence-electron chi connectivity index (χ0n) is 14.0. The molecule has 0 aromatic carbocycles. The van der Waals surface area contributed by atoms with Crippen LogP contribution >= 0.6 is 0 Å². The molecule has 0 saturated carbocycles. The van der Waals surface area contributed by atoms with Crippen molar-refractivity contribution in [3.05, 3.63) is 23.1 Å². The SMILES string of the molecule is Cc1nc(C2CCCN2CC(=O)Nc2c(C)nn(C)c2C)no1. The maximum Gasteiger partial charge on any atom is 0.238 e. The van der Waals surface area contributed by atoms with E-state index in [9.17, 15) is 4.79 Å². The van der Waals surface area contributed by atoms with Crippen molar-refractivity contribution in [2.75, 3.05) is 18.4 Å². The molecule has 8 heteroatoms. The first-order valence-electron chi connectivity index (χ1n) is 7.80. The Kier molecular flexibility index (Phi) is 4.16. The van der Waals surface area contributed by atoms with Gasteiger partial charge in [-0.1, -0.05) is 5.16 Å². The van der Waals surface area contributed by atoms with Gasteiger partial charge in [-0.05, 0) is 33.2 Å². The van der Waals surface area contributed by atoms with E-state index in [0.29, 0.717) is 18.3 Å². The van der Waals surface area contributed by atoms with Gasteiger partial charge in [-0.25, -0.2) is 0 Å². The van der Waals surface area contributed by atoms with Gasteiger partial charge in [-0.3, -0.25) is 14.4 Å². The average molecular weight is 318 g/mol. The van der Waals surface area contributed by atoms with Crippen molar-refractivity contribution >= 4 is 11.6 Å². The zero-order chi connectivity index (χ0) is 16.6. The molecule has 1 unspecified atom stereocenters. The fourth-order valence-electron chi connectivity index (χ4n) is 3.08. The standard InChI is InChI=1S/C15H22N6O2/c1-9-14(10(2)20(4)18-9)17-13(22)8-21-7-5-6-12(21)15-16-11(3)23-19-15/h12H,5-8H2,1-4H3,(H,17,22). The predicted octanol–water partition coefficient (Wildman–Crippen LogP) is 1.50. The number of likely N-dealkylation sites (tertiary alicyclic amines) is 1. The fraction of sp³-hybridized carbons (Fsp3) is 0.600. The maximum atomic E-state index is 12.4. The van der Waals surface area contributed by atoms with E-state index in [-0.39, 0.29) is 11.9 Å². The molecule has 1 N–H and O–H groups in total. The summed E-state index contributed by atoms with van der Waals surface area (Å²) >= 11 is 0. The van der Waals surface area contributed by atoms with Crippen molar-refractivity contribution in [3.63, 3.8) is 0 Å². The second-order valence-corrected chi connectivity index (χ2v) is 6.02. The van der Waals surface area contributed by atoms with Gasteiger partial charge in [0, 0.05) is 14.0 Å². The Balaban J connectivity index is 1.67. The van der Waals surface area contributed by atoms with E-state index in [1.54, 1.807) is 11.6 Å². The topological polar surface area (TPSA) is 89.1 Å². The predicted molar refractivity (Wildman–Crippen MR) is 83.9 cm³/mol. The number of rotatable bonds is 4. The number of nitrogens with zero attached hydrogens (tertiary/aromatic N) is 5. The van der Waals surface area contributed by atoms with Crippen LogP contribution in [0, 0.1) is 20.8 Å². The summed E-state index contributed by atoms with van der Waals surface area (Å²) in [5.74, 6) is 1.18. The highest BCUT2D eigenvalue weighted by Gasteiger charge is 2.31. The number of anilines is 1. The summed E-state index contributed by atoms with van der Waals surface area (Å²) in [7, 11) is 1.87. The van der Waals surface area contributed by atoms with Gasteiger partial charge < -0.3 is 9.84 Å². The van der Waals surface area contributed by atoms with Gasteiger partial charge in [0.15, 0.2) is 5.82 Å². The smallest absolute Gasteiger partial charge is 0.238 e. The monoisotopic (exact) mass is 318 g/mol. The molecule has 1 aliphatic heterocycles. The zero-order valence-corrected chi connectivity index (χ0v) is 14.0. The molecule has 1 atom stereocenters. The summed E-state index contributed by atoms with van der Waals surface area (Å²) in [5, 5.41) is 11.3. The highest BCUT2D eigenvalue weighted by Crippen LogP contribution is 2.29. The molecule has 3 heterocycles. The molecule has 124 valence electrons. The minimum atomic E-state index is -0.0451. The Hall–Kier alpha value is -2.22. The second-order valence-electron chi connectivity index (χ2n) is 6.02. The van der Waals surface area contributed by atoms with Crippen LogP contribution in [0.1, 0.15) is 42.0 Å². The lowest BCUT2D eigenvalue weighted by molar-refractivity contribution is -0.117. The van der Waals surface area contributed by atoms with Gasteiger partial charge >= 0.3 is 0 Å². The van der Waals surface area contributed by atoms with Crippen LogP contribution in [0.25, 0.3) is 0 Å². The van der Waals surface area contributed by atoms with Crippen LogP contribution in [0.15, 0.2) is 4.52 Å². The van der Waals surface area contributed by atoms with Crippen LogP contribution in [0.3, 0.4) is 0 Å². The van der Waals surface area contributed by atoms with Crippen LogP contribution in [-0.2, 0) is 11.8 Å². The van der Waals surface area contributed by atoms with Crippen LogP contribution in [0.4, 0.5) is 5.69 Å². The van der Waals surface area contributed by atoms with Crippen molar-refractivity contribution in [3.8, 4) is 0 Å². The van der Waals surface area contributed by atoms with E-state index in [0.717, 1.165) is 36.5 Å². The molecular weight excluding hydrogens is 296 g/mol.